The second kappa shape index (κ2) is 8.23. The third kappa shape index (κ3) is 4.33. The number of aromatic nitrogens is 2. The highest BCUT2D eigenvalue weighted by Crippen LogP contribution is 2.39. The number of nitrogens with one attached hydrogen (secondary N) is 1. The normalized spacial score (nSPS) is 12.3. The number of hydrogen-bond acceptors (Lipinski definition) is 4. The van der Waals surface area contributed by atoms with Crippen LogP contribution in [0, 0.1) is 12.1 Å². The van der Waals surface area contributed by atoms with Gasteiger partial charge in [-0.2, -0.15) is 0 Å². The maximum atomic E-state index is 12.6. The van der Waals surface area contributed by atoms with Crippen molar-refractivity contribution in [1.82, 2.24) is 4.98 Å². The Morgan fingerprint density at radius 2 is 1.70 bits per heavy atom. The van der Waals surface area contributed by atoms with Crippen molar-refractivity contribution >= 4 is 20.9 Å². The number of nitrogens with zero attached hydrogens (tertiary/aromatic N) is 1. The van der Waals surface area contributed by atoms with Crippen molar-refractivity contribution in [3.05, 3.63) is 77.3 Å². The van der Waals surface area contributed by atoms with Crippen LogP contribution in [-0.4, -0.2) is 19.2 Å². The smallest absolute Gasteiger partial charge is 0.290 e. The summed E-state index contributed by atoms with van der Waals surface area (Å²) in [4.78, 5) is 3.19. The quantitative estimate of drug-likeness (QED) is 0.305. The van der Waals surface area contributed by atoms with Crippen molar-refractivity contribution in [2.45, 2.75) is 44.9 Å². The van der Waals surface area contributed by atoms with E-state index in [4.69, 9.17) is 4.74 Å². The molecule has 0 amide bonds. The van der Waals surface area contributed by atoms with Crippen molar-refractivity contribution < 1.29 is 17.9 Å². The fourth-order valence-corrected chi connectivity index (χ4v) is 4.72. The molecule has 0 saturated heterocycles. The van der Waals surface area contributed by atoms with Crippen LogP contribution in [0.15, 0.2) is 65.7 Å². The maximum Gasteiger partial charge on any atom is 0.290 e. The lowest BCUT2D eigenvalue weighted by Crippen LogP contribution is -2.31. The van der Waals surface area contributed by atoms with Crippen LogP contribution < -0.4 is 9.47 Å². The van der Waals surface area contributed by atoms with Gasteiger partial charge in [0.2, 0.25) is 0 Å². The fourth-order valence-electron chi connectivity index (χ4n) is 3.81. The zero-order chi connectivity index (χ0) is 24.0. The SMILES string of the molecule is CCS(=O)(=O)c1ccc(Oc2ccc(C(C)(C)C)cc2)c(-c2cc(C)[n+]([O-])c3[nH]ccc23)c1. The van der Waals surface area contributed by atoms with Crippen molar-refractivity contribution in [3.8, 4) is 22.6 Å². The minimum atomic E-state index is -3.43. The molecule has 0 aliphatic heterocycles. The molecular formula is C26H28N2O4S. The highest BCUT2D eigenvalue weighted by molar-refractivity contribution is 7.91. The first-order valence-electron chi connectivity index (χ1n) is 10.9. The van der Waals surface area contributed by atoms with Gasteiger partial charge in [0.25, 0.3) is 5.65 Å². The van der Waals surface area contributed by atoms with Gasteiger partial charge in [0.15, 0.2) is 9.84 Å². The number of benzene rings is 2. The molecule has 33 heavy (non-hydrogen) atoms. The number of aromatic amines is 1. The molecule has 0 radical (unpaired) electrons. The standard InChI is InChI=1S/C26H28N2O4S/c1-6-33(30,31)20-11-12-24(32-19-9-7-18(8-10-19)26(3,4)5)23(16-20)22-15-17(2)28(29)25-21(22)13-14-27-25/h7-16,27H,6H2,1-5H3. The van der Waals surface area contributed by atoms with Gasteiger partial charge in [0.05, 0.1) is 22.2 Å². The summed E-state index contributed by atoms with van der Waals surface area (Å²) in [5, 5.41) is 13.2. The summed E-state index contributed by atoms with van der Waals surface area (Å²) in [5.74, 6) is 1.15. The Bertz CT molecular complexity index is 1430. The van der Waals surface area contributed by atoms with Crippen LogP contribution >= 0.6 is 0 Å². The summed E-state index contributed by atoms with van der Waals surface area (Å²) in [6.45, 7) is 9.78. The molecule has 0 unspecified atom stereocenters. The van der Waals surface area contributed by atoms with Gasteiger partial charge in [-0.25, -0.2) is 18.1 Å². The largest absolute Gasteiger partial charge is 0.710 e. The predicted octanol–water partition coefficient (Wildman–Crippen LogP) is 5.66. The van der Waals surface area contributed by atoms with Crippen LogP contribution in [-0.2, 0) is 15.3 Å². The third-order valence-corrected chi connectivity index (χ3v) is 7.55. The van der Waals surface area contributed by atoms with E-state index < -0.39 is 9.84 Å². The number of aryl methyl sites for hydroxylation is 1. The molecule has 4 rings (SSSR count). The second-order valence-corrected chi connectivity index (χ2v) is 11.4. The average molecular weight is 465 g/mol. The summed E-state index contributed by atoms with van der Waals surface area (Å²) in [6.07, 6.45) is 1.69. The Kier molecular flexibility index (Phi) is 5.70. The van der Waals surface area contributed by atoms with Gasteiger partial charge in [-0.05, 0) is 60.4 Å². The van der Waals surface area contributed by atoms with Crippen molar-refractivity contribution in [1.29, 1.82) is 0 Å². The molecule has 0 aliphatic rings. The van der Waals surface area contributed by atoms with Gasteiger partial charge in [-0.15, -0.1) is 0 Å². The highest BCUT2D eigenvalue weighted by Gasteiger charge is 2.21. The summed E-state index contributed by atoms with van der Waals surface area (Å²) in [5.41, 5.74) is 3.45. The van der Waals surface area contributed by atoms with Crippen LogP contribution in [0.25, 0.3) is 22.2 Å². The maximum absolute atomic E-state index is 12.6. The van der Waals surface area contributed by atoms with Crippen molar-refractivity contribution in [3.63, 3.8) is 0 Å². The molecule has 0 atom stereocenters. The number of fused-ring (bicyclic) bond motifs is 1. The van der Waals surface area contributed by atoms with Gasteiger partial charge in [-0.1, -0.05) is 39.8 Å². The number of hydrogen-bond donors (Lipinski definition) is 1. The lowest BCUT2D eigenvalue weighted by Gasteiger charge is -2.19. The van der Waals surface area contributed by atoms with E-state index in [1.807, 2.05) is 24.3 Å². The Morgan fingerprint density at radius 3 is 2.33 bits per heavy atom. The molecule has 2 aromatic carbocycles. The van der Waals surface area contributed by atoms with Gasteiger partial charge in [0, 0.05) is 11.1 Å². The first-order valence-corrected chi connectivity index (χ1v) is 12.5. The molecule has 0 fully saturated rings. The van der Waals surface area contributed by atoms with Crippen LogP contribution in [0.5, 0.6) is 11.5 Å². The average Bonchev–Trinajstić information content (AvgIpc) is 3.26. The first-order chi connectivity index (χ1) is 15.5. The van der Waals surface area contributed by atoms with Crippen LogP contribution in [0.2, 0.25) is 0 Å². The van der Waals surface area contributed by atoms with Crippen LogP contribution in [0.4, 0.5) is 0 Å². The van der Waals surface area contributed by atoms with E-state index in [-0.39, 0.29) is 16.1 Å². The molecule has 0 saturated carbocycles. The molecule has 172 valence electrons. The Hall–Kier alpha value is -3.32. The van der Waals surface area contributed by atoms with Crippen molar-refractivity contribution in [2.24, 2.45) is 0 Å². The number of pyridine rings is 1. The molecule has 4 aromatic rings. The van der Waals surface area contributed by atoms with Crippen molar-refractivity contribution in [2.75, 3.05) is 5.75 Å². The van der Waals surface area contributed by atoms with E-state index in [1.54, 1.807) is 50.4 Å². The minimum absolute atomic E-state index is 0.00511. The molecule has 1 N–H and O–H groups in total. The third-order valence-electron chi connectivity index (χ3n) is 5.82. The van der Waals surface area contributed by atoms with E-state index in [2.05, 4.69) is 25.8 Å². The zero-order valence-corrected chi connectivity index (χ0v) is 20.3. The molecule has 0 aliphatic carbocycles. The number of sulfone groups is 1. The van der Waals surface area contributed by atoms with Gasteiger partial charge in [-0.3, -0.25) is 0 Å². The van der Waals surface area contributed by atoms with E-state index in [0.29, 0.717) is 33.8 Å². The number of H-pyrrole nitrogens is 1. The zero-order valence-electron chi connectivity index (χ0n) is 19.5. The van der Waals surface area contributed by atoms with Crippen LogP contribution in [0.1, 0.15) is 39.0 Å². The lowest BCUT2D eigenvalue weighted by molar-refractivity contribution is -0.586. The minimum Gasteiger partial charge on any atom is -0.710 e. The first kappa shape index (κ1) is 22.9. The summed E-state index contributed by atoms with van der Waals surface area (Å²) in [6, 6.07) is 16.3. The summed E-state index contributed by atoms with van der Waals surface area (Å²) < 4.78 is 32.3. The molecular weight excluding hydrogens is 436 g/mol. The molecule has 0 spiro atoms. The fraction of sp³-hybridized carbons (Fsp3) is 0.269. The molecule has 2 aromatic heterocycles. The molecule has 7 heteroatoms. The Morgan fingerprint density at radius 1 is 1.00 bits per heavy atom. The summed E-state index contributed by atoms with van der Waals surface area (Å²) in [7, 11) is -3.43. The van der Waals surface area contributed by atoms with Gasteiger partial charge >= 0.3 is 0 Å². The predicted molar refractivity (Wildman–Crippen MR) is 130 cm³/mol. The lowest BCUT2D eigenvalue weighted by atomic mass is 9.87. The Labute approximate surface area is 194 Å². The second-order valence-electron chi connectivity index (χ2n) is 9.17. The monoisotopic (exact) mass is 464 g/mol. The van der Waals surface area contributed by atoms with E-state index in [9.17, 15) is 13.6 Å². The topological polar surface area (TPSA) is 86.1 Å². The van der Waals surface area contributed by atoms with Gasteiger partial charge < -0.3 is 9.94 Å². The molecule has 6 nitrogen and oxygen atoms in total. The molecule has 2 heterocycles. The summed E-state index contributed by atoms with van der Waals surface area (Å²) >= 11 is 0. The van der Waals surface area contributed by atoms with Gasteiger partial charge in [0.1, 0.15) is 17.2 Å². The van der Waals surface area contributed by atoms with E-state index in [1.165, 1.54) is 5.56 Å². The van der Waals surface area contributed by atoms with E-state index >= 15 is 0 Å². The molecule has 0 bridgehead atoms. The number of rotatable bonds is 5. The Balaban J connectivity index is 1.89. The number of ether oxygens (including phenoxy) is 1. The highest BCUT2D eigenvalue weighted by atomic mass is 32.2. The van der Waals surface area contributed by atoms with E-state index in [0.717, 1.165) is 10.3 Å². The van der Waals surface area contributed by atoms with Crippen LogP contribution in [0.3, 0.4) is 0 Å².